The van der Waals surface area contributed by atoms with Gasteiger partial charge in [-0.05, 0) is 0 Å². The summed E-state index contributed by atoms with van der Waals surface area (Å²) in [6.45, 7) is 0. The van der Waals surface area contributed by atoms with Gasteiger partial charge in [-0.3, -0.25) is 10.1 Å². The molecule has 7 heteroatoms. The summed E-state index contributed by atoms with van der Waals surface area (Å²) in [6.07, 6.45) is 0. The molecule has 0 aliphatic carbocycles. The Bertz CT molecular complexity index is 15.6. The van der Waals surface area contributed by atoms with Crippen molar-refractivity contribution in [2.75, 3.05) is 0 Å². The molecule has 0 aliphatic heterocycles. The van der Waals surface area contributed by atoms with E-state index in [0.29, 0.717) is 0 Å². The molecular formula is O5VZn+5. The molecule has 0 spiro atoms. The monoisotopic (exact) mass is 195 g/mol. The fourth-order valence-corrected chi connectivity index (χ4v) is 0.0113. The normalized spacial score (nSPS) is 6.00. The van der Waals surface area contributed by atoms with E-state index in [9.17, 15) is 0 Å². The standard InChI is InChI=1S/H2O5.V.Zn/c1-3-5-4-2;;/h1-2H;;/q;+5;+2/p-2. The largest absolute Gasteiger partial charge is 5.00 e. The molecule has 0 fully saturated rings. The van der Waals surface area contributed by atoms with Gasteiger partial charge in [0, 0.05) is 0 Å². The molecule has 0 saturated heterocycles. The van der Waals surface area contributed by atoms with Crippen LogP contribution in [0, 0.1) is 0 Å². The number of hydrogen-bond acceptors (Lipinski definition) is 5. The predicted molar refractivity (Wildman–Crippen MR) is 3.25 cm³/mol. The molecule has 0 radical (unpaired) electrons. The smallest absolute Gasteiger partial charge is 0.690 e. The van der Waals surface area contributed by atoms with Crippen molar-refractivity contribution in [1.29, 1.82) is 0 Å². The zero-order chi connectivity index (χ0) is 4.12. The molecule has 0 atom stereocenters. The van der Waals surface area contributed by atoms with Crippen LogP contribution < -0.4 is 10.5 Å². The van der Waals surface area contributed by atoms with Gasteiger partial charge in [0.15, 0.2) is 0 Å². The first-order chi connectivity index (χ1) is 2.41. The number of hydrogen-bond donors (Lipinski definition) is 0. The van der Waals surface area contributed by atoms with Crippen molar-refractivity contribution < 1.29 is 63.7 Å². The Morgan fingerprint density at radius 2 is 1.29 bits per heavy atom. The molecule has 7 heavy (non-hydrogen) atoms. The third kappa shape index (κ3) is 19.4. The maximum atomic E-state index is 8.48. The van der Waals surface area contributed by atoms with Gasteiger partial charge in [0.25, 0.3) is 0 Å². The van der Waals surface area contributed by atoms with Crippen LogP contribution in [0.1, 0.15) is 0 Å². The van der Waals surface area contributed by atoms with E-state index in [1.165, 1.54) is 0 Å². The van der Waals surface area contributed by atoms with Gasteiger partial charge in [-0.2, -0.15) is 0 Å². The average molecular weight is 196 g/mol. The molecule has 0 aromatic heterocycles. The van der Waals surface area contributed by atoms with E-state index in [2.05, 4.69) is 15.1 Å². The molecule has 0 aromatic carbocycles. The van der Waals surface area contributed by atoms with Crippen molar-refractivity contribution >= 4 is 0 Å². The van der Waals surface area contributed by atoms with Crippen molar-refractivity contribution in [2.24, 2.45) is 0 Å². The molecule has 5 nitrogen and oxygen atoms in total. The summed E-state index contributed by atoms with van der Waals surface area (Å²) >= 11 is 0. The van der Waals surface area contributed by atoms with Crippen molar-refractivity contribution in [1.82, 2.24) is 0 Å². The summed E-state index contributed by atoms with van der Waals surface area (Å²) in [7, 11) is 0. The van der Waals surface area contributed by atoms with E-state index in [1.54, 1.807) is 0 Å². The Morgan fingerprint density at radius 1 is 1.00 bits per heavy atom. The molecule has 0 amide bonds. The zero-order valence-electron chi connectivity index (χ0n) is 3.20. The van der Waals surface area contributed by atoms with Crippen molar-refractivity contribution in [3.8, 4) is 0 Å². The van der Waals surface area contributed by atoms with Gasteiger partial charge in [0.2, 0.25) is 0 Å². The molecule has 0 unspecified atom stereocenters. The fraction of sp³-hybridized carbons (Fsp3) is 0. The maximum absolute atomic E-state index is 8.48. The van der Waals surface area contributed by atoms with Crippen LogP contribution in [0.4, 0.5) is 0 Å². The van der Waals surface area contributed by atoms with Crippen LogP contribution in [0.5, 0.6) is 0 Å². The van der Waals surface area contributed by atoms with E-state index in [4.69, 9.17) is 10.5 Å². The molecule has 0 saturated carbocycles. The fourth-order valence-electron chi connectivity index (χ4n) is 0.0113. The van der Waals surface area contributed by atoms with Gasteiger partial charge >= 0.3 is 38.0 Å². The molecule has 0 aliphatic rings. The topological polar surface area (TPSA) is 73.8 Å². The van der Waals surface area contributed by atoms with E-state index < -0.39 is 0 Å². The van der Waals surface area contributed by atoms with Crippen LogP contribution in [0.3, 0.4) is 0 Å². The first kappa shape index (κ1) is 15.7. The van der Waals surface area contributed by atoms with E-state index in [0.717, 1.165) is 0 Å². The molecule has 32 valence electrons. The molecule has 0 N–H and O–H groups in total. The first-order valence-electron chi connectivity index (χ1n) is 0.667. The Balaban J connectivity index is -0.0000000800. The molecule has 0 aromatic rings. The van der Waals surface area contributed by atoms with Crippen LogP contribution in [-0.2, 0) is 53.1 Å². The maximum Gasteiger partial charge on any atom is 5.00 e. The summed E-state index contributed by atoms with van der Waals surface area (Å²) in [5.74, 6) is 0. The Labute approximate surface area is 63.9 Å². The Kier molecular flexibility index (Phi) is 35.3. The minimum Gasteiger partial charge on any atom is -0.690 e. The second-order valence-corrected chi connectivity index (χ2v) is 0.204. The molecule has 0 rings (SSSR count). The summed E-state index contributed by atoms with van der Waals surface area (Å²) in [5, 5.41) is 24.5. The second-order valence-electron chi connectivity index (χ2n) is 0.204. The third-order valence-corrected chi connectivity index (χ3v) is 0.0556. The van der Waals surface area contributed by atoms with Crippen LogP contribution in [-0.4, -0.2) is 0 Å². The van der Waals surface area contributed by atoms with Gasteiger partial charge < -0.3 is 10.5 Å². The SMILES string of the molecule is [O-]OOO[O-].[V+5].[Zn+2]. The van der Waals surface area contributed by atoms with Crippen molar-refractivity contribution in [3.05, 3.63) is 0 Å². The minimum absolute atomic E-state index is 0. The predicted octanol–water partition coefficient (Wildman–Crippen LogP) is -2.59. The van der Waals surface area contributed by atoms with E-state index >= 15 is 0 Å². The van der Waals surface area contributed by atoms with Crippen LogP contribution in [0.15, 0.2) is 0 Å². The van der Waals surface area contributed by atoms with Crippen molar-refractivity contribution in [3.63, 3.8) is 0 Å². The summed E-state index contributed by atoms with van der Waals surface area (Å²) in [4.78, 5) is 0. The van der Waals surface area contributed by atoms with Crippen LogP contribution >= 0.6 is 0 Å². The zero-order valence-corrected chi connectivity index (χ0v) is 7.56. The van der Waals surface area contributed by atoms with Gasteiger partial charge in [0.05, 0.1) is 0 Å². The molecular weight excluding hydrogens is 196 g/mol. The quantitative estimate of drug-likeness (QED) is 0.275. The number of rotatable bonds is 2. The minimum atomic E-state index is 0. The summed E-state index contributed by atoms with van der Waals surface area (Å²) in [6, 6.07) is 0. The summed E-state index contributed by atoms with van der Waals surface area (Å²) in [5.41, 5.74) is 0. The third-order valence-electron chi connectivity index (χ3n) is 0.0556. The first-order valence-corrected chi connectivity index (χ1v) is 0.667. The average Bonchev–Trinajstić information content (AvgIpc) is 1.41. The molecule has 0 heterocycles. The van der Waals surface area contributed by atoms with E-state index in [-0.39, 0.29) is 38.0 Å². The second kappa shape index (κ2) is 15.7. The van der Waals surface area contributed by atoms with Gasteiger partial charge in [-0.25, -0.2) is 0 Å². The Morgan fingerprint density at radius 3 is 1.29 bits per heavy atom. The Hall–Kier alpha value is 1.01. The van der Waals surface area contributed by atoms with Crippen molar-refractivity contribution in [2.45, 2.75) is 0 Å². The summed E-state index contributed by atoms with van der Waals surface area (Å²) < 4.78 is 0. The molecule has 0 bridgehead atoms. The van der Waals surface area contributed by atoms with Gasteiger partial charge in [0.1, 0.15) is 0 Å². The van der Waals surface area contributed by atoms with Gasteiger partial charge in [-0.15, -0.1) is 0 Å². The van der Waals surface area contributed by atoms with Gasteiger partial charge in [-0.1, -0.05) is 5.04 Å². The van der Waals surface area contributed by atoms with Crippen LogP contribution in [0.25, 0.3) is 0 Å². The van der Waals surface area contributed by atoms with E-state index in [1.807, 2.05) is 0 Å². The van der Waals surface area contributed by atoms with Crippen LogP contribution in [0.2, 0.25) is 0 Å².